The number of piperidine rings is 1. The zero-order chi connectivity index (χ0) is 21.5. The van der Waals surface area contributed by atoms with Crippen LogP contribution in [0.5, 0.6) is 5.75 Å². The summed E-state index contributed by atoms with van der Waals surface area (Å²) in [4.78, 5) is 28.6. The van der Waals surface area contributed by atoms with Crippen LogP contribution >= 0.6 is 0 Å². The number of nitrogens with zero attached hydrogens (tertiary/aromatic N) is 1. The topological polar surface area (TPSA) is 77.1 Å². The summed E-state index contributed by atoms with van der Waals surface area (Å²) in [5, 5.41) is 3.56. The number of esters is 1. The van der Waals surface area contributed by atoms with E-state index in [9.17, 15) is 9.59 Å². The first-order chi connectivity index (χ1) is 14.5. The Kier molecular flexibility index (Phi) is 5.49. The van der Waals surface area contributed by atoms with E-state index in [-0.39, 0.29) is 23.7 Å². The maximum Gasteiger partial charge on any atom is 0.337 e. The highest BCUT2D eigenvalue weighted by atomic mass is 16.5. The SMILES string of the molecule is CC[C@@H]1CN2CC[C@]3(Nc4cccc(OC)c4C3=O)C2C[C@@H]1/C(=C\OC)C(=O)OC. The van der Waals surface area contributed by atoms with E-state index in [1.165, 1.54) is 13.4 Å². The van der Waals surface area contributed by atoms with Gasteiger partial charge in [0.05, 0.1) is 38.7 Å². The minimum absolute atomic E-state index is 0.0141. The number of methoxy groups -OCH3 is 3. The Labute approximate surface area is 177 Å². The van der Waals surface area contributed by atoms with E-state index in [1.807, 2.05) is 18.2 Å². The summed E-state index contributed by atoms with van der Waals surface area (Å²) in [7, 11) is 4.53. The molecule has 0 amide bonds. The van der Waals surface area contributed by atoms with Crippen LogP contribution in [0.1, 0.15) is 36.5 Å². The molecule has 3 heterocycles. The van der Waals surface area contributed by atoms with Crippen LogP contribution in [-0.2, 0) is 14.3 Å². The molecule has 162 valence electrons. The number of rotatable bonds is 5. The fourth-order valence-electron chi connectivity index (χ4n) is 5.68. The molecule has 4 rings (SSSR count). The van der Waals surface area contributed by atoms with Crippen molar-refractivity contribution in [2.75, 3.05) is 39.7 Å². The van der Waals surface area contributed by atoms with Crippen LogP contribution < -0.4 is 10.1 Å². The molecule has 0 aliphatic carbocycles. The smallest absolute Gasteiger partial charge is 0.337 e. The lowest BCUT2D eigenvalue weighted by Crippen LogP contribution is -2.57. The predicted molar refractivity (Wildman–Crippen MR) is 113 cm³/mol. The number of anilines is 1. The number of ether oxygens (including phenoxy) is 3. The van der Waals surface area contributed by atoms with Crippen LogP contribution in [0.3, 0.4) is 0 Å². The van der Waals surface area contributed by atoms with Crippen molar-refractivity contribution in [3.63, 3.8) is 0 Å². The van der Waals surface area contributed by atoms with Gasteiger partial charge in [-0.1, -0.05) is 19.4 Å². The van der Waals surface area contributed by atoms with Gasteiger partial charge in [-0.2, -0.15) is 0 Å². The molecule has 1 N–H and O–H groups in total. The summed E-state index contributed by atoms with van der Waals surface area (Å²) in [6.07, 6.45) is 3.88. The second-order valence-corrected chi connectivity index (χ2v) is 8.38. The quantitative estimate of drug-likeness (QED) is 0.451. The van der Waals surface area contributed by atoms with Crippen LogP contribution in [0, 0.1) is 11.8 Å². The molecule has 3 aliphatic heterocycles. The first-order valence-electron chi connectivity index (χ1n) is 10.6. The molecule has 2 fully saturated rings. The molecule has 1 unspecified atom stereocenters. The van der Waals surface area contributed by atoms with Crippen molar-refractivity contribution in [3.8, 4) is 5.75 Å². The third-order valence-corrected chi connectivity index (χ3v) is 7.14. The molecule has 4 atom stereocenters. The monoisotopic (exact) mass is 414 g/mol. The second-order valence-electron chi connectivity index (χ2n) is 8.38. The predicted octanol–water partition coefficient (Wildman–Crippen LogP) is 2.87. The minimum Gasteiger partial charge on any atom is -0.504 e. The van der Waals surface area contributed by atoms with E-state index in [4.69, 9.17) is 14.2 Å². The number of Topliss-reactive ketones (excluding diaryl/α,β-unsaturated/α-hetero) is 1. The lowest BCUT2D eigenvalue weighted by atomic mass is 9.72. The third-order valence-electron chi connectivity index (χ3n) is 7.14. The third kappa shape index (κ3) is 2.98. The van der Waals surface area contributed by atoms with Crippen molar-refractivity contribution >= 4 is 17.4 Å². The highest BCUT2D eigenvalue weighted by molar-refractivity contribution is 6.16. The normalized spacial score (nSPS) is 30.6. The maximum atomic E-state index is 13.7. The van der Waals surface area contributed by atoms with Crippen LogP contribution in [0.2, 0.25) is 0 Å². The zero-order valence-electron chi connectivity index (χ0n) is 18.1. The molecule has 2 saturated heterocycles. The summed E-state index contributed by atoms with van der Waals surface area (Å²) >= 11 is 0. The molecule has 7 heteroatoms. The van der Waals surface area contributed by atoms with Crippen molar-refractivity contribution in [1.82, 2.24) is 4.90 Å². The first kappa shape index (κ1) is 20.7. The van der Waals surface area contributed by atoms with Gasteiger partial charge in [-0.15, -0.1) is 0 Å². The number of hydrogen-bond donors (Lipinski definition) is 1. The van der Waals surface area contributed by atoms with Crippen molar-refractivity contribution in [1.29, 1.82) is 0 Å². The van der Waals surface area contributed by atoms with Gasteiger partial charge in [-0.25, -0.2) is 4.79 Å². The Morgan fingerprint density at radius 3 is 2.80 bits per heavy atom. The molecule has 1 spiro atoms. The molecule has 0 aromatic heterocycles. The van der Waals surface area contributed by atoms with Gasteiger partial charge in [0.1, 0.15) is 11.3 Å². The number of nitrogens with one attached hydrogen (secondary N) is 1. The standard InChI is InChI=1S/C23H30N2O5/c1-5-14-12-25-10-9-23(19(25)11-15(14)16(13-28-2)22(27)30-4)21(26)20-17(24-23)7-6-8-18(20)29-3/h6-8,13-15,19,24H,5,9-12H2,1-4H3/b16-13+/t14-,15+,19?,23+/m1/s1. The molecule has 3 aliphatic rings. The number of carbonyl (C=O) groups excluding carboxylic acids is 2. The van der Waals surface area contributed by atoms with Gasteiger partial charge in [0.2, 0.25) is 0 Å². The second kappa shape index (κ2) is 7.95. The lowest BCUT2D eigenvalue weighted by Gasteiger charge is -2.45. The lowest BCUT2D eigenvalue weighted by molar-refractivity contribution is -0.137. The summed E-state index contributed by atoms with van der Waals surface area (Å²) in [5.41, 5.74) is 1.32. The highest BCUT2D eigenvalue weighted by Crippen LogP contribution is 2.50. The molecule has 30 heavy (non-hydrogen) atoms. The number of hydrogen-bond acceptors (Lipinski definition) is 7. The first-order valence-corrected chi connectivity index (χ1v) is 10.6. The molecule has 0 radical (unpaired) electrons. The van der Waals surface area contributed by atoms with E-state index < -0.39 is 5.54 Å². The zero-order valence-corrected chi connectivity index (χ0v) is 18.1. The van der Waals surface area contributed by atoms with Gasteiger partial charge in [0.15, 0.2) is 5.78 Å². The van der Waals surface area contributed by atoms with Crippen molar-refractivity contribution in [3.05, 3.63) is 35.6 Å². The average molecular weight is 415 g/mol. The molecular formula is C23H30N2O5. The number of carbonyl (C=O) groups is 2. The van der Waals surface area contributed by atoms with E-state index in [2.05, 4.69) is 17.1 Å². The van der Waals surface area contributed by atoms with Crippen molar-refractivity contribution in [2.24, 2.45) is 11.8 Å². The van der Waals surface area contributed by atoms with Gasteiger partial charge < -0.3 is 19.5 Å². The van der Waals surface area contributed by atoms with E-state index in [1.54, 1.807) is 14.2 Å². The summed E-state index contributed by atoms with van der Waals surface area (Å²) in [6, 6.07) is 5.65. The Morgan fingerprint density at radius 1 is 1.33 bits per heavy atom. The van der Waals surface area contributed by atoms with E-state index >= 15 is 0 Å². The van der Waals surface area contributed by atoms with Gasteiger partial charge >= 0.3 is 5.97 Å². The Balaban J connectivity index is 1.70. The number of benzene rings is 1. The van der Waals surface area contributed by atoms with E-state index in [0.29, 0.717) is 29.2 Å². The number of fused-ring (bicyclic) bond motifs is 3. The summed E-state index contributed by atoms with van der Waals surface area (Å²) in [6.45, 7) is 3.84. The van der Waals surface area contributed by atoms with Crippen molar-refractivity contribution < 1.29 is 23.8 Å². The fraction of sp³-hybridized carbons (Fsp3) is 0.565. The summed E-state index contributed by atoms with van der Waals surface area (Å²) < 4.78 is 15.7. The number of ketones is 1. The minimum atomic E-state index is -0.692. The molecule has 1 aromatic rings. The van der Waals surface area contributed by atoms with Crippen molar-refractivity contribution in [2.45, 2.75) is 37.8 Å². The largest absolute Gasteiger partial charge is 0.504 e. The Hall–Kier alpha value is -2.54. The van der Waals surface area contributed by atoms with Gasteiger partial charge in [-0.05, 0) is 36.8 Å². The van der Waals surface area contributed by atoms with Gasteiger partial charge in [0, 0.05) is 24.8 Å². The van der Waals surface area contributed by atoms with Crippen LogP contribution in [0.4, 0.5) is 5.69 Å². The highest BCUT2D eigenvalue weighted by Gasteiger charge is 2.59. The Bertz CT molecular complexity index is 882. The maximum absolute atomic E-state index is 13.7. The van der Waals surface area contributed by atoms with E-state index in [0.717, 1.165) is 31.6 Å². The molecule has 1 aromatic carbocycles. The molecular weight excluding hydrogens is 384 g/mol. The molecule has 7 nitrogen and oxygen atoms in total. The summed E-state index contributed by atoms with van der Waals surface area (Å²) in [5.74, 6) is 0.598. The average Bonchev–Trinajstić information content (AvgIpc) is 3.28. The van der Waals surface area contributed by atoms with Crippen LogP contribution in [-0.4, -0.2) is 62.7 Å². The van der Waals surface area contributed by atoms with Crippen LogP contribution in [0.25, 0.3) is 0 Å². The van der Waals surface area contributed by atoms with Crippen LogP contribution in [0.15, 0.2) is 30.0 Å². The van der Waals surface area contributed by atoms with Gasteiger partial charge in [0.25, 0.3) is 0 Å². The van der Waals surface area contributed by atoms with Gasteiger partial charge in [-0.3, -0.25) is 9.69 Å². The molecule has 0 saturated carbocycles. The Morgan fingerprint density at radius 2 is 2.13 bits per heavy atom. The molecule has 0 bridgehead atoms. The fourth-order valence-corrected chi connectivity index (χ4v) is 5.68.